The summed E-state index contributed by atoms with van der Waals surface area (Å²) in [5, 5.41) is 3.13. The van der Waals surface area contributed by atoms with Crippen molar-refractivity contribution in [1.82, 2.24) is 10.2 Å². The summed E-state index contributed by atoms with van der Waals surface area (Å²) in [5.74, 6) is 1.43. The monoisotopic (exact) mass is 358 g/mol. The summed E-state index contributed by atoms with van der Waals surface area (Å²) in [5.41, 5.74) is 8.38. The molecule has 0 atom stereocenters. The number of furan rings is 1. The van der Waals surface area contributed by atoms with E-state index < -0.39 is 0 Å². The zero-order chi connectivity index (χ0) is 18.6. The third-order valence-corrected chi connectivity index (χ3v) is 3.96. The first-order valence-corrected chi connectivity index (χ1v) is 9.08. The van der Waals surface area contributed by atoms with Crippen LogP contribution in [-0.4, -0.2) is 37.7 Å². The molecule has 2 aromatic rings. The number of guanidine groups is 1. The fourth-order valence-electron chi connectivity index (χ4n) is 2.64. The molecule has 0 radical (unpaired) electrons. The van der Waals surface area contributed by atoms with E-state index in [0.29, 0.717) is 12.5 Å². The molecule has 26 heavy (non-hydrogen) atoms. The molecule has 0 unspecified atom stereocenters. The summed E-state index contributed by atoms with van der Waals surface area (Å²) in [7, 11) is 2.08. The second-order valence-electron chi connectivity index (χ2n) is 6.20. The lowest BCUT2D eigenvalue weighted by atomic mass is 10.1. The average Bonchev–Trinajstić information content (AvgIpc) is 3.13. The molecule has 3 N–H and O–H groups in total. The van der Waals surface area contributed by atoms with Crippen molar-refractivity contribution in [2.24, 2.45) is 10.7 Å². The van der Waals surface area contributed by atoms with Gasteiger partial charge >= 0.3 is 0 Å². The Balaban J connectivity index is 1.84. The van der Waals surface area contributed by atoms with Crippen LogP contribution < -0.4 is 11.1 Å². The molecular formula is C20H30N4O2. The van der Waals surface area contributed by atoms with E-state index in [2.05, 4.69) is 40.5 Å². The zero-order valence-electron chi connectivity index (χ0n) is 15.8. The van der Waals surface area contributed by atoms with E-state index in [4.69, 9.17) is 14.9 Å². The summed E-state index contributed by atoms with van der Waals surface area (Å²) in [4.78, 5) is 6.68. The SMILES string of the molecule is CCOCCCNC(N)=NCc1ccccc1CN(C)Cc1ccco1. The fraction of sp³-hybridized carbons (Fsp3) is 0.450. The van der Waals surface area contributed by atoms with Gasteiger partial charge in [-0.25, -0.2) is 4.99 Å². The number of rotatable bonds is 11. The first-order chi connectivity index (χ1) is 12.7. The number of benzene rings is 1. The van der Waals surface area contributed by atoms with Gasteiger partial charge in [0, 0.05) is 26.3 Å². The van der Waals surface area contributed by atoms with Crippen molar-refractivity contribution in [2.75, 3.05) is 26.8 Å². The number of nitrogens with two attached hydrogens (primary N) is 1. The van der Waals surface area contributed by atoms with Crippen LogP contribution in [0.5, 0.6) is 0 Å². The van der Waals surface area contributed by atoms with Crippen molar-refractivity contribution in [3.8, 4) is 0 Å². The van der Waals surface area contributed by atoms with Crippen LogP contribution in [-0.2, 0) is 24.4 Å². The van der Waals surface area contributed by atoms with Gasteiger partial charge in [-0.1, -0.05) is 24.3 Å². The van der Waals surface area contributed by atoms with Crippen LogP contribution in [0, 0.1) is 0 Å². The average molecular weight is 358 g/mol. The second kappa shape index (κ2) is 11.3. The highest BCUT2D eigenvalue weighted by Gasteiger charge is 2.07. The van der Waals surface area contributed by atoms with E-state index in [1.165, 1.54) is 11.1 Å². The Kier molecular flexibility index (Phi) is 8.72. The van der Waals surface area contributed by atoms with Crippen molar-refractivity contribution in [2.45, 2.75) is 33.0 Å². The molecule has 0 fully saturated rings. The maximum atomic E-state index is 5.95. The van der Waals surface area contributed by atoms with E-state index in [1.807, 2.05) is 25.1 Å². The van der Waals surface area contributed by atoms with E-state index >= 15 is 0 Å². The van der Waals surface area contributed by atoms with E-state index in [1.54, 1.807) is 6.26 Å². The summed E-state index contributed by atoms with van der Waals surface area (Å²) < 4.78 is 10.7. The number of hydrogen-bond acceptors (Lipinski definition) is 4. The molecule has 2 rings (SSSR count). The minimum absolute atomic E-state index is 0.472. The summed E-state index contributed by atoms with van der Waals surface area (Å²) >= 11 is 0. The molecule has 0 aliphatic rings. The Morgan fingerprint density at radius 2 is 2.00 bits per heavy atom. The normalized spacial score (nSPS) is 11.9. The molecule has 1 heterocycles. The Morgan fingerprint density at radius 1 is 1.19 bits per heavy atom. The van der Waals surface area contributed by atoms with Gasteiger partial charge < -0.3 is 20.2 Å². The summed E-state index contributed by atoms with van der Waals surface area (Å²) in [6.07, 6.45) is 2.62. The van der Waals surface area contributed by atoms with Crippen LogP contribution in [0.1, 0.15) is 30.2 Å². The van der Waals surface area contributed by atoms with Crippen molar-refractivity contribution >= 4 is 5.96 Å². The standard InChI is InChI=1S/C20H30N4O2/c1-3-25-12-7-11-22-20(21)23-14-17-8-4-5-9-18(17)15-24(2)16-19-10-6-13-26-19/h4-6,8-10,13H,3,7,11-12,14-16H2,1-2H3,(H3,21,22,23). The Hall–Kier alpha value is -2.31. The van der Waals surface area contributed by atoms with Gasteiger partial charge in [-0.2, -0.15) is 0 Å². The van der Waals surface area contributed by atoms with Crippen molar-refractivity contribution in [3.05, 3.63) is 59.5 Å². The molecule has 0 saturated heterocycles. The summed E-state index contributed by atoms with van der Waals surface area (Å²) in [6.45, 7) is 6.41. The Labute approximate surface area is 156 Å². The summed E-state index contributed by atoms with van der Waals surface area (Å²) in [6, 6.07) is 12.2. The lowest BCUT2D eigenvalue weighted by Crippen LogP contribution is -2.32. The molecule has 0 aliphatic heterocycles. The first-order valence-electron chi connectivity index (χ1n) is 9.08. The van der Waals surface area contributed by atoms with Crippen LogP contribution >= 0.6 is 0 Å². The van der Waals surface area contributed by atoms with Crippen LogP contribution in [0.3, 0.4) is 0 Å². The molecule has 6 heteroatoms. The Bertz CT molecular complexity index is 656. The van der Waals surface area contributed by atoms with Crippen LogP contribution in [0.15, 0.2) is 52.1 Å². The number of aliphatic imine (C=N–C) groups is 1. The third-order valence-electron chi connectivity index (χ3n) is 3.96. The molecule has 0 bridgehead atoms. The molecule has 0 saturated carbocycles. The maximum absolute atomic E-state index is 5.95. The van der Waals surface area contributed by atoms with Crippen molar-refractivity contribution in [1.29, 1.82) is 0 Å². The lowest BCUT2D eigenvalue weighted by Gasteiger charge is -2.17. The van der Waals surface area contributed by atoms with E-state index in [9.17, 15) is 0 Å². The van der Waals surface area contributed by atoms with Crippen LogP contribution in [0.2, 0.25) is 0 Å². The minimum atomic E-state index is 0.472. The molecule has 0 aliphatic carbocycles. The van der Waals surface area contributed by atoms with Gasteiger partial charge in [0.15, 0.2) is 5.96 Å². The van der Waals surface area contributed by atoms with Gasteiger partial charge in [-0.3, -0.25) is 4.90 Å². The van der Waals surface area contributed by atoms with Gasteiger partial charge in [0.1, 0.15) is 5.76 Å². The zero-order valence-corrected chi connectivity index (χ0v) is 15.8. The van der Waals surface area contributed by atoms with E-state index in [0.717, 1.165) is 45.0 Å². The third kappa shape index (κ3) is 7.29. The smallest absolute Gasteiger partial charge is 0.188 e. The second-order valence-corrected chi connectivity index (χ2v) is 6.20. The predicted octanol–water partition coefficient (Wildman–Crippen LogP) is 2.74. The quantitative estimate of drug-likeness (QED) is 0.367. The molecule has 0 amide bonds. The van der Waals surface area contributed by atoms with Crippen molar-refractivity contribution in [3.63, 3.8) is 0 Å². The highest BCUT2D eigenvalue weighted by Crippen LogP contribution is 2.14. The van der Waals surface area contributed by atoms with Crippen molar-refractivity contribution < 1.29 is 9.15 Å². The molecule has 1 aromatic heterocycles. The van der Waals surface area contributed by atoms with Gasteiger partial charge in [0.25, 0.3) is 0 Å². The highest BCUT2D eigenvalue weighted by atomic mass is 16.5. The number of nitrogens with zero attached hydrogens (tertiary/aromatic N) is 2. The minimum Gasteiger partial charge on any atom is -0.468 e. The first kappa shape index (κ1) is 20.0. The van der Waals surface area contributed by atoms with Gasteiger partial charge in [-0.15, -0.1) is 0 Å². The van der Waals surface area contributed by atoms with Crippen LogP contribution in [0.25, 0.3) is 0 Å². The molecule has 1 aromatic carbocycles. The number of ether oxygens (including phenoxy) is 1. The molecule has 0 spiro atoms. The van der Waals surface area contributed by atoms with Crippen LogP contribution in [0.4, 0.5) is 0 Å². The molecule has 142 valence electrons. The largest absolute Gasteiger partial charge is 0.468 e. The predicted molar refractivity (Wildman–Crippen MR) is 105 cm³/mol. The number of hydrogen-bond donors (Lipinski definition) is 2. The number of nitrogens with one attached hydrogen (secondary N) is 1. The fourth-order valence-corrected chi connectivity index (χ4v) is 2.64. The van der Waals surface area contributed by atoms with E-state index in [-0.39, 0.29) is 0 Å². The lowest BCUT2D eigenvalue weighted by molar-refractivity contribution is 0.145. The maximum Gasteiger partial charge on any atom is 0.188 e. The molecule has 6 nitrogen and oxygen atoms in total. The molecular weight excluding hydrogens is 328 g/mol. The topological polar surface area (TPSA) is 76.0 Å². The van der Waals surface area contributed by atoms with Gasteiger partial charge in [0.2, 0.25) is 0 Å². The van der Waals surface area contributed by atoms with Gasteiger partial charge in [-0.05, 0) is 43.7 Å². The Morgan fingerprint density at radius 3 is 2.73 bits per heavy atom. The highest BCUT2D eigenvalue weighted by molar-refractivity contribution is 5.77. The van der Waals surface area contributed by atoms with Gasteiger partial charge in [0.05, 0.1) is 19.4 Å².